The van der Waals surface area contributed by atoms with Crippen molar-refractivity contribution in [2.45, 2.75) is 6.36 Å². The van der Waals surface area contributed by atoms with E-state index in [0.29, 0.717) is 17.4 Å². The van der Waals surface area contributed by atoms with Gasteiger partial charge in [-0.25, -0.2) is 4.98 Å². The highest BCUT2D eigenvalue weighted by atomic mass is 19.4. The number of halogens is 3. The van der Waals surface area contributed by atoms with Crippen LogP contribution in [-0.4, -0.2) is 17.6 Å². The first-order valence-corrected chi connectivity index (χ1v) is 5.46. The fourth-order valence-electron chi connectivity index (χ4n) is 1.62. The van der Waals surface area contributed by atoms with Gasteiger partial charge in [0, 0.05) is 11.8 Å². The Morgan fingerprint density at radius 2 is 1.95 bits per heavy atom. The summed E-state index contributed by atoms with van der Waals surface area (Å²) in [7, 11) is 0. The lowest BCUT2D eigenvalue weighted by Crippen LogP contribution is -2.17. The van der Waals surface area contributed by atoms with Gasteiger partial charge in [0.1, 0.15) is 11.6 Å². The van der Waals surface area contributed by atoms with Crippen molar-refractivity contribution in [3.63, 3.8) is 0 Å². The highest BCUT2D eigenvalue weighted by Crippen LogP contribution is 2.28. The molecule has 0 saturated heterocycles. The second kappa shape index (κ2) is 5.20. The van der Waals surface area contributed by atoms with E-state index in [2.05, 4.69) is 9.72 Å². The molecule has 0 bridgehead atoms. The smallest absolute Gasteiger partial charge is 0.406 e. The molecule has 0 aliphatic carbocycles. The summed E-state index contributed by atoms with van der Waals surface area (Å²) in [5, 5.41) is 0. The average Bonchev–Trinajstić information content (AvgIpc) is 2.37. The van der Waals surface area contributed by atoms with Gasteiger partial charge in [0.05, 0.1) is 5.56 Å². The lowest BCUT2D eigenvalue weighted by atomic mass is 10.1. The van der Waals surface area contributed by atoms with Crippen LogP contribution in [0.15, 0.2) is 36.5 Å². The van der Waals surface area contributed by atoms with E-state index in [0.717, 1.165) is 0 Å². The lowest BCUT2D eigenvalue weighted by Gasteiger charge is -2.10. The molecule has 2 N–H and O–H groups in total. The third-order valence-corrected chi connectivity index (χ3v) is 2.48. The number of alkyl halides is 3. The Hall–Kier alpha value is -2.57. The minimum atomic E-state index is -4.76. The van der Waals surface area contributed by atoms with Gasteiger partial charge >= 0.3 is 6.36 Å². The standard InChI is InChI=1S/C13H9F3N2O2/c14-13(15,16)20-11-3-1-2-8(5-11)9-4-10(7-19)12(17)18-6-9/h1-7H,(H2,17,18). The van der Waals surface area contributed by atoms with Gasteiger partial charge in [-0.15, -0.1) is 13.2 Å². The maximum atomic E-state index is 12.1. The number of anilines is 1. The molecule has 0 atom stereocenters. The number of carbonyl (C=O) groups excluding carboxylic acids is 1. The Morgan fingerprint density at radius 1 is 1.20 bits per heavy atom. The van der Waals surface area contributed by atoms with Gasteiger partial charge in [-0.05, 0) is 23.8 Å². The zero-order chi connectivity index (χ0) is 14.8. The fraction of sp³-hybridized carbons (Fsp3) is 0.0769. The van der Waals surface area contributed by atoms with Crippen LogP contribution in [0.2, 0.25) is 0 Å². The van der Waals surface area contributed by atoms with E-state index in [1.165, 1.54) is 30.5 Å². The molecule has 0 radical (unpaired) electrons. The van der Waals surface area contributed by atoms with Crippen LogP contribution in [-0.2, 0) is 0 Å². The van der Waals surface area contributed by atoms with E-state index in [1.54, 1.807) is 6.07 Å². The van der Waals surface area contributed by atoms with Gasteiger partial charge in [0.15, 0.2) is 6.29 Å². The second-order valence-corrected chi connectivity index (χ2v) is 3.89. The van der Waals surface area contributed by atoms with Crippen LogP contribution in [0, 0.1) is 0 Å². The quantitative estimate of drug-likeness (QED) is 0.879. The highest BCUT2D eigenvalue weighted by Gasteiger charge is 2.31. The SMILES string of the molecule is Nc1ncc(-c2cccc(OC(F)(F)F)c2)cc1C=O. The maximum Gasteiger partial charge on any atom is 0.573 e. The molecule has 4 nitrogen and oxygen atoms in total. The Morgan fingerprint density at radius 3 is 2.60 bits per heavy atom. The highest BCUT2D eigenvalue weighted by molar-refractivity contribution is 5.84. The molecule has 7 heteroatoms. The van der Waals surface area contributed by atoms with Crippen molar-refractivity contribution < 1.29 is 22.7 Å². The molecule has 20 heavy (non-hydrogen) atoms. The summed E-state index contributed by atoms with van der Waals surface area (Å²) < 4.78 is 40.3. The van der Waals surface area contributed by atoms with Crippen molar-refractivity contribution >= 4 is 12.1 Å². The molecule has 2 rings (SSSR count). The van der Waals surface area contributed by atoms with Crippen LogP contribution in [0.3, 0.4) is 0 Å². The Kier molecular flexibility index (Phi) is 3.60. The summed E-state index contributed by atoms with van der Waals surface area (Å²) in [6, 6.07) is 6.82. The first kappa shape index (κ1) is 13.9. The molecule has 2 aromatic rings. The van der Waals surface area contributed by atoms with Gasteiger partial charge in [-0.2, -0.15) is 0 Å². The lowest BCUT2D eigenvalue weighted by molar-refractivity contribution is -0.274. The predicted molar refractivity (Wildman–Crippen MR) is 66.2 cm³/mol. The van der Waals surface area contributed by atoms with E-state index in [1.807, 2.05) is 0 Å². The van der Waals surface area contributed by atoms with Crippen molar-refractivity contribution in [2.24, 2.45) is 0 Å². The normalized spacial score (nSPS) is 11.2. The molecule has 0 amide bonds. The number of nitrogens with two attached hydrogens (primary N) is 1. The topological polar surface area (TPSA) is 65.2 Å². The molecule has 0 unspecified atom stereocenters. The first-order valence-electron chi connectivity index (χ1n) is 5.46. The molecule has 1 aromatic carbocycles. The monoisotopic (exact) mass is 282 g/mol. The summed E-state index contributed by atoms with van der Waals surface area (Å²) in [4.78, 5) is 14.6. The van der Waals surface area contributed by atoms with Crippen molar-refractivity contribution in [1.82, 2.24) is 4.98 Å². The minimum Gasteiger partial charge on any atom is -0.406 e. The molecule has 1 aromatic heterocycles. The molecular formula is C13H9F3N2O2. The van der Waals surface area contributed by atoms with Gasteiger partial charge in [-0.3, -0.25) is 4.79 Å². The summed E-state index contributed by atoms with van der Waals surface area (Å²) >= 11 is 0. The van der Waals surface area contributed by atoms with E-state index < -0.39 is 6.36 Å². The number of pyridine rings is 1. The summed E-state index contributed by atoms with van der Waals surface area (Å²) in [5.74, 6) is -0.286. The Labute approximate surface area is 112 Å². The number of hydrogen-bond donors (Lipinski definition) is 1. The average molecular weight is 282 g/mol. The van der Waals surface area contributed by atoms with Crippen molar-refractivity contribution in [1.29, 1.82) is 0 Å². The molecule has 104 valence electrons. The summed E-state index contributed by atoms with van der Waals surface area (Å²) in [6.07, 6.45) is -2.86. The number of aromatic nitrogens is 1. The van der Waals surface area contributed by atoms with Crippen LogP contribution in [0.4, 0.5) is 19.0 Å². The predicted octanol–water partition coefficient (Wildman–Crippen LogP) is 3.04. The van der Waals surface area contributed by atoms with Crippen LogP contribution >= 0.6 is 0 Å². The maximum absolute atomic E-state index is 12.1. The number of ether oxygens (including phenoxy) is 1. The zero-order valence-electron chi connectivity index (χ0n) is 10.0. The van der Waals surface area contributed by atoms with Gasteiger partial charge in [0.2, 0.25) is 0 Å². The molecule has 0 fully saturated rings. The number of carbonyl (C=O) groups is 1. The number of hydrogen-bond acceptors (Lipinski definition) is 4. The van der Waals surface area contributed by atoms with Gasteiger partial charge < -0.3 is 10.5 Å². The third kappa shape index (κ3) is 3.25. The third-order valence-electron chi connectivity index (χ3n) is 2.48. The molecule has 0 saturated carbocycles. The number of nitrogens with zero attached hydrogens (tertiary/aromatic N) is 1. The van der Waals surface area contributed by atoms with Crippen molar-refractivity contribution in [3.05, 3.63) is 42.1 Å². The van der Waals surface area contributed by atoms with E-state index >= 15 is 0 Å². The van der Waals surface area contributed by atoms with Crippen molar-refractivity contribution in [3.8, 4) is 16.9 Å². The molecular weight excluding hydrogens is 273 g/mol. The number of nitrogen functional groups attached to an aromatic ring is 1. The van der Waals surface area contributed by atoms with Crippen LogP contribution < -0.4 is 10.5 Å². The molecule has 0 aliphatic heterocycles. The minimum absolute atomic E-state index is 0.0615. The van der Waals surface area contributed by atoms with Crippen molar-refractivity contribution in [2.75, 3.05) is 5.73 Å². The number of aldehydes is 1. The first-order chi connectivity index (χ1) is 9.39. The fourth-order valence-corrected chi connectivity index (χ4v) is 1.62. The largest absolute Gasteiger partial charge is 0.573 e. The van der Waals surface area contributed by atoms with Gasteiger partial charge in [0.25, 0.3) is 0 Å². The second-order valence-electron chi connectivity index (χ2n) is 3.89. The number of rotatable bonds is 3. The number of benzene rings is 1. The van der Waals surface area contributed by atoms with E-state index in [9.17, 15) is 18.0 Å². The van der Waals surface area contributed by atoms with E-state index in [-0.39, 0.29) is 17.1 Å². The van der Waals surface area contributed by atoms with Crippen LogP contribution in [0.25, 0.3) is 11.1 Å². The summed E-state index contributed by atoms with van der Waals surface area (Å²) in [5.41, 5.74) is 6.55. The van der Waals surface area contributed by atoms with Gasteiger partial charge in [-0.1, -0.05) is 12.1 Å². The van der Waals surface area contributed by atoms with E-state index in [4.69, 9.17) is 5.73 Å². The van der Waals surface area contributed by atoms with Crippen LogP contribution in [0.5, 0.6) is 5.75 Å². The molecule has 0 aliphatic rings. The zero-order valence-corrected chi connectivity index (χ0v) is 10.0. The molecule has 0 spiro atoms. The Balaban J connectivity index is 2.38. The summed E-state index contributed by atoms with van der Waals surface area (Å²) in [6.45, 7) is 0. The Bertz CT molecular complexity index is 642. The molecule has 1 heterocycles. The van der Waals surface area contributed by atoms with Crippen LogP contribution in [0.1, 0.15) is 10.4 Å².